The molecule has 0 aromatic heterocycles. The summed E-state index contributed by atoms with van der Waals surface area (Å²) < 4.78 is 39.5. The van der Waals surface area contributed by atoms with E-state index < -0.39 is 15.8 Å². The molecular weight excluding hydrogens is 309 g/mol. The maximum atomic E-state index is 12.9. The number of sulfonamides is 1. The van der Waals surface area contributed by atoms with Gasteiger partial charge in [0, 0.05) is 10.5 Å². The fourth-order valence-electron chi connectivity index (χ4n) is 1.32. The molecule has 0 heterocycles. The van der Waals surface area contributed by atoms with E-state index in [9.17, 15) is 12.8 Å². The first kappa shape index (κ1) is 14.3. The zero-order chi connectivity index (χ0) is 13.1. The highest BCUT2D eigenvalue weighted by Crippen LogP contribution is 2.22. The van der Waals surface area contributed by atoms with Crippen LogP contribution in [0.4, 0.5) is 4.39 Å². The Morgan fingerprint density at radius 1 is 1.59 bits per heavy atom. The molecule has 0 saturated heterocycles. The van der Waals surface area contributed by atoms with E-state index in [4.69, 9.17) is 0 Å². The lowest BCUT2D eigenvalue weighted by atomic mass is 10.3. The average Bonchev–Trinajstić information content (AvgIpc) is 2.15. The van der Waals surface area contributed by atoms with Gasteiger partial charge in [0.05, 0.1) is 4.90 Å². The molecule has 0 aliphatic heterocycles. The molecule has 1 N–H and O–H groups in total. The Morgan fingerprint density at radius 3 is 2.76 bits per heavy atom. The molecule has 0 fully saturated rings. The molecular formula is C11H13BrFNO2S. The third kappa shape index (κ3) is 3.90. The molecule has 94 valence electrons. The summed E-state index contributed by atoms with van der Waals surface area (Å²) >= 11 is 3.03. The van der Waals surface area contributed by atoms with Crippen LogP contribution >= 0.6 is 15.9 Å². The van der Waals surface area contributed by atoms with Crippen molar-refractivity contribution in [1.29, 1.82) is 0 Å². The van der Waals surface area contributed by atoms with Crippen molar-refractivity contribution in [3.63, 3.8) is 0 Å². The Kier molecular flexibility index (Phi) is 4.85. The number of rotatable bonds is 5. The van der Waals surface area contributed by atoms with Gasteiger partial charge < -0.3 is 0 Å². The lowest BCUT2D eigenvalue weighted by Crippen LogP contribution is -2.32. The summed E-state index contributed by atoms with van der Waals surface area (Å²) in [4.78, 5) is 0.0230. The van der Waals surface area contributed by atoms with Crippen LogP contribution in [0.2, 0.25) is 0 Å². The predicted octanol–water partition coefficient (Wildman–Crippen LogP) is 2.83. The van der Waals surface area contributed by atoms with Gasteiger partial charge in [0.1, 0.15) is 5.82 Å². The molecule has 0 saturated carbocycles. The quantitative estimate of drug-likeness (QED) is 0.848. The van der Waals surface area contributed by atoms with Crippen molar-refractivity contribution < 1.29 is 12.8 Å². The first-order chi connectivity index (χ1) is 7.86. The Labute approximate surface area is 109 Å². The molecule has 1 aromatic carbocycles. The van der Waals surface area contributed by atoms with E-state index in [1.807, 2.05) is 0 Å². The van der Waals surface area contributed by atoms with Crippen LogP contribution in [0.25, 0.3) is 0 Å². The van der Waals surface area contributed by atoms with E-state index in [1.165, 1.54) is 6.07 Å². The normalized spacial score (nSPS) is 13.4. The molecule has 0 aliphatic carbocycles. The minimum absolute atomic E-state index is 0.0230. The Hall–Kier alpha value is -0.720. The van der Waals surface area contributed by atoms with E-state index in [1.54, 1.807) is 13.0 Å². The van der Waals surface area contributed by atoms with Crippen molar-refractivity contribution in [1.82, 2.24) is 4.72 Å². The lowest BCUT2D eigenvalue weighted by molar-refractivity contribution is 0.561. The van der Waals surface area contributed by atoms with Gasteiger partial charge in [0.15, 0.2) is 0 Å². The molecule has 1 atom stereocenters. The summed E-state index contributed by atoms with van der Waals surface area (Å²) in [6.07, 6.45) is 2.16. The summed E-state index contributed by atoms with van der Waals surface area (Å²) in [7, 11) is -3.64. The molecule has 0 bridgehead atoms. The molecule has 0 spiro atoms. The summed E-state index contributed by atoms with van der Waals surface area (Å²) in [6.45, 7) is 5.27. The van der Waals surface area contributed by atoms with E-state index in [-0.39, 0.29) is 15.4 Å². The van der Waals surface area contributed by atoms with Gasteiger partial charge >= 0.3 is 0 Å². The SMILES string of the molecule is C=CCC(C)NS(=O)(=O)c1ccc(F)cc1Br. The summed E-state index contributed by atoms with van der Waals surface area (Å²) in [6, 6.07) is 3.20. The zero-order valence-corrected chi connectivity index (χ0v) is 11.7. The van der Waals surface area contributed by atoms with Crippen molar-refractivity contribution in [3.8, 4) is 0 Å². The minimum atomic E-state index is -3.64. The first-order valence-corrected chi connectivity index (χ1v) is 7.22. The van der Waals surface area contributed by atoms with Gasteiger partial charge in [-0.1, -0.05) is 6.08 Å². The summed E-state index contributed by atoms with van der Waals surface area (Å²) in [5, 5.41) is 0. The Bertz CT molecular complexity index is 516. The van der Waals surface area contributed by atoms with Gasteiger partial charge in [-0.25, -0.2) is 17.5 Å². The number of halogens is 2. The highest BCUT2D eigenvalue weighted by atomic mass is 79.9. The van der Waals surface area contributed by atoms with Gasteiger partial charge in [0.25, 0.3) is 0 Å². The van der Waals surface area contributed by atoms with Crippen LogP contribution in [0.5, 0.6) is 0 Å². The van der Waals surface area contributed by atoms with Crippen LogP contribution in [0, 0.1) is 5.82 Å². The van der Waals surface area contributed by atoms with Crippen LogP contribution in [0.1, 0.15) is 13.3 Å². The van der Waals surface area contributed by atoms with Crippen molar-refractivity contribution in [2.24, 2.45) is 0 Å². The minimum Gasteiger partial charge on any atom is -0.208 e. The maximum Gasteiger partial charge on any atom is 0.241 e. The standard InChI is InChI=1S/C11H13BrFNO2S/c1-3-4-8(2)14-17(15,16)11-6-5-9(13)7-10(11)12/h3,5-8,14H,1,4H2,2H3. The van der Waals surface area contributed by atoms with Crippen LogP contribution in [0.3, 0.4) is 0 Å². The van der Waals surface area contributed by atoms with E-state index >= 15 is 0 Å². The van der Waals surface area contributed by atoms with Gasteiger partial charge in [-0.05, 0) is 47.5 Å². The van der Waals surface area contributed by atoms with Gasteiger partial charge in [-0.3, -0.25) is 0 Å². The first-order valence-electron chi connectivity index (χ1n) is 4.95. The van der Waals surface area contributed by atoms with Crippen molar-refractivity contribution in [2.75, 3.05) is 0 Å². The third-order valence-corrected chi connectivity index (χ3v) is 4.63. The second-order valence-corrected chi connectivity index (χ2v) is 6.16. The smallest absolute Gasteiger partial charge is 0.208 e. The molecule has 0 amide bonds. The summed E-state index contributed by atoms with van der Waals surface area (Å²) in [5.41, 5.74) is 0. The van der Waals surface area contributed by atoms with Gasteiger partial charge in [-0.15, -0.1) is 6.58 Å². The van der Waals surface area contributed by atoms with Gasteiger partial charge in [-0.2, -0.15) is 0 Å². The number of hydrogen-bond donors (Lipinski definition) is 1. The van der Waals surface area contributed by atoms with Crippen LogP contribution in [0.15, 0.2) is 40.2 Å². The maximum absolute atomic E-state index is 12.9. The van der Waals surface area contributed by atoms with E-state index in [2.05, 4.69) is 27.2 Å². The van der Waals surface area contributed by atoms with Crippen molar-refractivity contribution in [3.05, 3.63) is 41.1 Å². The molecule has 3 nitrogen and oxygen atoms in total. The zero-order valence-electron chi connectivity index (χ0n) is 9.28. The molecule has 6 heteroatoms. The second-order valence-electron chi connectivity index (χ2n) is 3.62. The van der Waals surface area contributed by atoms with E-state index in [0.717, 1.165) is 12.1 Å². The molecule has 1 unspecified atom stereocenters. The van der Waals surface area contributed by atoms with Crippen LogP contribution in [-0.2, 0) is 10.0 Å². The number of nitrogens with one attached hydrogen (secondary N) is 1. The number of hydrogen-bond acceptors (Lipinski definition) is 2. The molecule has 1 aromatic rings. The third-order valence-electron chi connectivity index (χ3n) is 2.06. The Morgan fingerprint density at radius 2 is 2.24 bits per heavy atom. The average molecular weight is 322 g/mol. The molecule has 17 heavy (non-hydrogen) atoms. The fourth-order valence-corrected chi connectivity index (χ4v) is 3.63. The largest absolute Gasteiger partial charge is 0.241 e. The highest BCUT2D eigenvalue weighted by molar-refractivity contribution is 9.10. The fraction of sp³-hybridized carbons (Fsp3) is 0.273. The van der Waals surface area contributed by atoms with Crippen molar-refractivity contribution >= 4 is 26.0 Å². The van der Waals surface area contributed by atoms with Crippen LogP contribution < -0.4 is 4.72 Å². The topological polar surface area (TPSA) is 46.2 Å². The molecule has 0 aliphatic rings. The van der Waals surface area contributed by atoms with E-state index in [0.29, 0.717) is 6.42 Å². The van der Waals surface area contributed by atoms with Crippen molar-refractivity contribution in [2.45, 2.75) is 24.3 Å². The summed E-state index contributed by atoms with van der Waals surface area (Å²) in [5.74, 6) is -0.491. The number of benzene rings is 1. The molecule has 1 rings (SSSR count). The monoisotopic (exact) mass is 321 g/mol. The highest BCUT2D eigenvalue weighted by Gasteiger charge is 2.19. The molecule has 0 radical (unpaired) electrons. The second kappa shape index (κ2) is 5.75. The van der Waals surface area contributed by atoms with Gasteiger partial charge in [0.2, 0.25) is 10.0 Å². The lowest BCUT2D eigenvalue weighted by Gasteiger charge is -2.13. The predicted molar refractivity (Wildman–Crippen MR) is 68.7 cm³/mol. The Balaban J connectivity index is 3.01. The van der Waals surface area contributed by atoms with Crippen LogP contribution in [-0.4, -0.2) is 14.5 Å².